The van der Waals surface area contributed by atoms with Gasteiger partial charge >= 0.3 is 5.69 Å². The van der Waals surface area contributed by atoms with Gasteiger partial charge in [-0.05, 0) is 19.4 Å². The minimum Gasteiger partial charge on any atom is -0.395 e. The molecule has 1 N–H and O–H groups in total. The Morgan fingerprint density at radius 2 is 2.41 bits per heavy atom. The first-order chi connectivity index (χ1) is 8.20. The van der Waals surface area contributed by atoms with Crippen LogP contribution in [0.2, 0.25) is 0 Å². The minimum absolute atomic E-state index is 0.0186. The van der Waals surface area contributed by atoms with Gasteiger partial charge in [-0.25, -0.2) is 0 Å². The zero-order valence-corrected chi connectivity index (χ0v) is 9.53. The second-order valence-corrected chi connectivity index (χ2v) is 4.23. The summed E-state index contributed by atoms with van der Waals surface area (Å²) in [7, 11) is 0. The van der Waals surface area contributed by atoms with Gasteiger partial charge in [0.1, 0.15) is 12.4 Å². The van der Waals surface area contributed by atoms with Crippen LogP contribution in [0.15, 0.2) is 12.4 Å². The number of nitrogens with zero attached hydrogens (tertiary/aromatic N) is 4. The van der Waals surface area contributed by atoms with Gasteiger partial charge < -0.3 is 5.11 Å². The number of aliphatic hydroxyl groups is 1. The highest BCUT2D eigenvalue weighted by atomic mass is 16.6. The molecule has 17 heavy (non-hydrogen) atoms. The van der Waals surface area contributed by atoms with E-state index >= 15 is 0 Å². The number of aromatic nitrogens is 2. The maximum Gasteiger partial charge on any atom is 0.306 e. The molecule has 94 valence electrons. The Kier molecular flexibility index (Phi) is 3.70. The van der Waals surface area contributed by atoms with Gasteiger partial charge in [0.05, 0.1) is 18.1 Å². The first-order valence-corrected chi connectivity index (χ1v) is 5.72. The lowest BCUT2D eigenvalue weighted by molar-refractivity contribution is -0.385. The fourth-order valence-electron chi connectivity index (χ4n) is 2.20. The molecule has 0 amide bonds. The van der Waals surface area contributed by atoms with Crippen molar-refractivity contribution in [2.45, 2.75) is 25.4 Å². The van der Waals surface area contributed by atoms with Crippen molar-refractivity contribution in [3.05, 3.63) is 22.5 Å². The molecule has 0 bridgehead atoms. The third-order valence-electron chi connectivity index (χ3n) is 3.16. The van der Waals surface area contributed by atoms with E-state index < -0.39 is 4.92 Å². The van der Waals surface area contributed by atoms with E-state index in [0.29, 0.717) is 6.54 Å². The highest BCUT2D eigenvalue weighted by Gasteiger charge is 2.23. The Hall–Kier alpha value is -1.47. The molecule has 0 radical (unpaired) electrons. The van der Waals surface area contributed by atoms with Crippen molar-refractivity contribution in [2.75, 3.05) is 19.7 Å². The lowest BCUT2D eigenvalue weighted by Crippen LogP contribution is -2.34. The van der Waals surface area contributed by atoms with Crippen LogP contribution in [0.1, 0.15) is 12.8 Å². The van der Waals surface area contributed by atoms with Crippen molar-refractivity contribution in [1.82, 2.24) is 14.7 Å². The maximum atomic E-state index is 10.5. The third-order valence-corrected chi connectivity index (χ3v) is 3.16. The zero-order valence-electron chi connectivity index (χ0n) is 9.53. The van der Waals surface area contributed by atoms with Crippen LogP contribution in [0.25, 0.3) is 0 Å². The quantitative estimate of drug-likeness (QED) is 0.589. The second kappa shape index (κ2) is 5.24. The summed E-state index contributed by atoms with van der Waals surface area (Å²) in [6, 6.07) is 0.237. The summed E-state index contributed by atoms with van der Waals surface area (Å²) in [5.74, 6) is 0. The predicted octanol–water partition coefficient (Wildman–Crippen LogP) is 0.248. The summed E-state index contributed by atoms with van der Waals surface area (Å²) in [5, 5.41) is 23.6. The fourth-order valence-corrected chi connectivity index (χ4v) is 2.20. The van der Waals surface area contributed by atoms with Gasteiger partial charge in [0, 0.05) is 12.6 Å². The van der Waals surface area contributed by atoms with E-state index in [1.54, 1.807) is 4.68 Å². The summed E-state index contributed by atoms with van der Waals surface area (Å²) >= 11 is 0. The first kappa shape index (κ1) is 12.0. The van der Waals surface area contributed by atoms with E-state index in [-0.39, 0.29) is 18.3 Å². The molecule has 7 nitrogen and oxygen atoms in total. The second-order valence-electron chi connectivity index (χ2n) is 4.23. The number of hydrogen-bond acceptors (Lipinski definition) is 5. The van der Waals surface area contributed by atoms with Gasteiger partial charge in [-0.1, -0.05) is 0 Å². The monoisotopic (exact) mass is 240 g/mol. The lowest BCUT2D eigenvalue weighted by atomic mass is 10.2. The van der Waals surface area contributed by atoms with E-state index in [1.807, 2.05) is 0 Å². The van der Waals surface area contributed by atoms with E-state index in [4.69, 9.17) is 5.11 Å². The van der Waals surface area contributed by atoms with Crippen LogP contribution in [-0.4, -0.2) is 50.4 Å². The Bertz CT molecular complexity index is 393. The molecule has 1 atom stereocenters. The largest absolute Gasteiger partial charge is 0.395 e. The van der Waals surface area contributed by atoms with Crippen molar-refractivity contribution in [1.29, 1.82) is 0 Å². The first-order valence-electron chi connectivity index (χ1n) is 5.72. The molecular weight excluding hydrogens is 224 g/mol. The van der Waals surface area contributed by atoms with Crippen LogP contribution < -0.4 is 0 Å². The zero-order chi connectivity index (χ0) is 12.3. The van der Waals surface area contributed by atoms with Crippen molar-refractivity contribution in [3.8, 4) is 0 Å². The Balaban J connectivity index is 1.86. The van der Waals surface area contributed by atoms with Crippen LogP contribution in [0, 0.1) is 10.1 Å². The van der Waals surface area contributed by atoms with Crippen LogP contribution >= 0.6 is 0 Å². The topological polar surface area (TPSA) is 84.4 Å². The molecule has 0 spiro atoms. The van der Waals surface area contributed by atoms with Gasteiger partial charge in [0.25, 0.3) is 0 Å². The fraction of sp³-hybridized carbons (Fsp3) is 0.700. The van der Waals surface area contributed by atoms with Crippen molar-refractivity contribution < 1.29 is 10.0 Å². The molecule has 7 heteroatoms. The highest BCUT2D eigenvalue weighted by Crippen LogP contribution is 2.16. The molecule has 1 saturated heterocycles. The number of hydrogen-bond donors (Lipinski definition) is 1. The van der Waals surface area contributed by atoms with E-state index in [0.717, 1.165) is 25.9 Å². The molecule has 0 saturated carbocycles. The Morgan fingerprint density at radius 3 is 3.06 bits per heavy atom. The van der Waals surface area contributed by atoms with Crippen molar-refractivity contribution in [2.24, 2.45) is 0 Å². The van der Waals surface area contributed by atoms with E-state index in [9.17, 15) is 10.1 Å². The van der Waals surface area contributed by atoms with Crippen molar-refractivity contribution >= 4 is 5.69 Å². The molecule has 1 fully saturated rings. The summed E-state index contributed by atoms with van der Waals surface area (Å²) in [6.45, 7) is 2.54. The summed E-state index contributed by atoms with van der Waals surface area (Å²) in [6.07, 6.45) is 4.82. The van der Waals surface area contributed by atoms with Gasteiger partial charge in [0.15, 0.2) is 0 Å². The lowest BCUT2D eigenvalue weighted by Gasteiger charge is -2.22. The standard InChI is InChI=1S/C10H16N4O3/c15-8-9-2-1-3-12(9)4-5-13-7-10(6-11-13)14(16)17/h6-7,9,15H,1-5,8H2/t9-/m1/s1. The Morgan fingerprint density at radius 1 is 1.59 bits per heavy atom. The summed E-state index contributed by atoms with van der Waals surface area (Å²) in [5.41, 5.74) is 0.0186. The van der Waals surface area contributed by atoms with Gasteiger partial charge in [-0.2, -0.15) is 5.10 Å². The molecule has 1 aliphatic heterocycles. The van der Waals surface area contributed by atoms with Crippen LogP contribution in [-0.2, 0) is 6.54 Å². The molecule has 2 rings (SSSR count). The molecular formula is C10H16N4O3. The predicted molar refractivity (Wildman–Crippen MR) is 60.6 cm³/mol. The normalized spacial score (nSPS) is 20.9. The van der Waals surface area contributed by atoms with Crippen LogP contribution in [0.5, 0.6) is 0 Å². The Labute approximate surface area is 98.8 Å². The minimum atomic E-state index is -0.449. The molecule has 1 aromatic heterocycles. The molecule has 0 unspecified atom stereocenters. The average Bonchev–Trinajstić information content (AvgIpc) is 2.95. The SMILES string of the molecule is O=[N+]([O-])c1cnn(CCN2CCC[C@@H]2CO)c1. The molecule has 0 aromatic carbocycles. The summed E-state index contributed by atoms with van der Waals surface area (Å²) < 4.78 is 1.57. The molecule has 0 aliphatic carbocycles. The average molecular weight is 240 g/mol. The van der Waals surface area contributed by atoms with Crippen molar-refractivity contribution in [3.63, 3.8) is 0 Å². The molecule has 1 aliphatic rings. The van der Waals surface area contributed by atoms with Gasteiger partial charge in [-0.15, -0.1) is 0 Å². The van der Waals surface area contributed by atoms with Gasteiger partial charge in [0.2, 0.25) is 0 Å². The molecule has 1 aromatic rings. The van der Waals surface area contributed by atoms with Gasteiger partial charge in [-0.3, -0.25) is 19.7 Å². The number of likely N-dealkylation sites (tertiary alicyclic amines) is 1. The number of nitro groups is 1. The van der Waals surface area contributed by atoms with E-state index in [2.05, 4.69) is 10.00 Å². The number of aliphatic hydroxyl groups excluding tert-OH is 1. The van der Waals surface area contributed by atoms with E-state index in [1.165, 1.54) is 12.4 Å². The third kappa shape index (κ3) is 2.80. The number of rotatable bonds is 5. The maximum absolute atomic E-state index is 10.5. The van der Waals surface area contributed by atoms with Crippen LogP contribution in [0.4, 0.5) is 5.69 Å². The summed E-state index contributed by atoms with van der Waals surface area (Å²) in [4.78, 5) is 12.2. The highest BCUT2D eigenvalue weighted by molar-refractivity contribution is 5.20. The molecule has 2 heterocycles. The smallest absolute Gasteiger partial charge is 0.306 e. The van der Waals surface area contributed by atoms with Crippen LogP contribution in [0.3, 0.4) is 0 Å².